The number of nitrogens with one attached hydrogen (secondary N) is 1. The zero-order chi connectivity index (χ0) is 14.1. The van der Waals surface area contributed by atoms with Crippen LogP contribution in [0.2, 0.25) is 0 Å². The van der Waals surface area contributed by atoms with Gasteiger partial charge in [0.05, 0.1) is 6.04 Å². The van der Waals surface area contributed by atoms with Crippen LogP contribution in [0.1, 0.15) is 24.4 Å². The van der Waals surface area contributed by atoms with E-state index in [9.17, 15) is 9.59 Å². The van der Waals surface area contributed by atoms with Crippen LogP contribution >= 0.6 is 0 Å². The second-order valence-corrected chi connectivity index (χ2v) is 5.36. The third kappa shape index (κ3) is 2.24. The summed E-state index contributed by atoms with van der Waals surface area (Å²) >= 11 is 0. The van der Waals surface area contributed by atoms with Crippen molar-refractivity contribution in [2.45, 2.75) is 18.9 Å². The van der Waals surface area contributed by atoms with Crippen LogP contribution in [0.4, 0.5) is 0 Å². The van der Waals surface area contributed by atoms with Gasteiger partial charge in [-0.05, 0) is 18.9 Å². The van der Waals surface area contributed by atoms with Crippen LogP contribution in [0, 0.1) is 5.92 Å². The molecule has 1 aromatic carbocycles. The first-order chi connectivity index (χ1) is 9.66. The summed E-state index contributed by atoms with van der Waals surface area (Å²) in [5.74, 6) is -0.0146. The molecule has 2 atom stereocenters. The maximum absolute atomic E-state index is 12.3. The molecule has 2 aliphatic rings. The Bertz CT molecular complexity index is 544. The zero-order valence-corrected chi connectivity index (χ0v) is 11.5. The average molecular weight is 274 g/mol. The number of hydrogen-bond acceptors (Lipinski definition) is 3. The van der Waals surface area contributed by atoms with Crippen LogP contribution < -0.4 is 10.1 Å². The highest BCUT2D eigenvalue weighted by molar-refractivity contribution is 6.00. The molecule has 106 valence electrons. The molecule has 1 saturated heterocycles. The number of rotatable bonds is 2. The van der Waals surface area contributed by atoms with Crippen molar-refractivity contribution in [1.29, 1.82) is 0 Å². The number of ether oxygens (including phenoxy) is 1. The normalized spacial score (nSPS) is 25.1. The molecule has 0 radical (unpaired) electrons. The van der Waals surface area contributed by atoms with Crippen molar-refractivity contribution in [3.05, 3.63) is 29.8 Å². The molecule has 0 aromatic heterocycles. The van der Waals surface area contributed by atoms with E-state index in [1.807, 2.05) is 24.3 Å². The van der Waals surface area contributed by atoms with E-state index in [0.717, 1.165) is 24.3 Å². The molecule has 2 heterocycles. The Labute approximate surface area is 117 Å². The number of fused-ring (bicyclic) bond motifs is 1. The van der Waals surface area contributed by atoms with E-state index in [0.29, 0.717) is 13.0 Å². The minimum atomic E-state index is -0.554. The lowest BCUT2D eigenvalue weighted by atomic mass is 9.96. The minimum absolute atomic E-state index is 0.0825. The van der Waals surface area contributed by atoms with Gasteiger partial charge in [-0.2, -0.15) is 0 Å². The molecular formula is C15H18N2O3. The molecule has 0 bridgehead atoms. The predicted molar refractivity (Wildman–Crippen MR) is 73.2 cm³/mol. The van der Waals surface area contributed by atoms with Crippen molar-refractivity contribution in [3.63, 3.8) is 0 Å². The minimum Gasteiger partial charge on any atom is -0.491 e. The van der Waals surface area contributed by atoms with Crippen LogP contribution in [-0.2, 0) is 9.59 Å². The second-order valence-electron chi connectivity index (χ2n) is 5.36. The molecule has 5 nitrogen and oxygen atoms in total. The molecule has 1 aromatic rings. The van der Waals surface area contributed by atoms with Gasteiger partial charge in [-0.25, -0.2) is 0 Å². The quantitative estimate of drug-likeness (QED) is 0.822. The van der Waals surface area contributed by atoms with Gasteiger partial charge >= 0.3 is 0 Å². The topological polar surface area (TPSA) is 58.6 Å². The molecule has 2 aliphatic heterocycles. The Morgan fingerprint density at radius 2 is 2.20 bits per heavy atom. The fourth-order valence-electron chi connectivity index (χ4n) is 2.83. The van der Waals surface area contributed by atoms with Gasteiger partial charge in [-0.3, -0.25) is 9.59 Å². The van der Waals surface area contributed by atoms with Gasteiger partial charge in [-0.1, -0.05) is 18.2 Å². The number of nitrogens with zero attached hydrogens (tertiary/aromatic N) is 1. The van der Waals surface area contributed by atoms with Crippen LogP contribution in [0.5, 0.6) is 5.75 Å². The molecule has 1 N–H and O–H groups in total. The number of carbonyl (C=O) groups excluding carboxylic acids is 2. The third-order valence-electron chi connectivity index (χ3n) is 3.99. The standard InChI is InChI=1S/C15H18N2O3/c1-17-8-4-6-11(15(17)19)14(18)16-12-9-20-13-7-3-2-5-10(12)13/h2-3,5,7,11-12H,4,6,8-9H2,1H3,(H,16,18)/t11-,12+/m0/s1. The highest BCUT2D eigenvalue weighted by Gasteiger charge is 2.35. The highest BCUT2D eigenvalue weighted by atomic mass is 16.5. The first-order valence-electron chi connectivity index (χ1n) is 6.94. The monoisotopic (exact) mass is 274 g/mol. The number of likely N-dealkylation sites (tertiary alicyclic amines) is 1. The predicted octanol–water partition coefficient (Wildman–Crippen LogP) is 1.10. The average Bonchev–Trinajstić information content (AvgIpc) is 2.85. The summed E-state index contributed by atoms with van der Waals surface area (Å²) in [5.41, 5.74) is 0.984. The number of benzene rings is 1. The van der Waals surface area contributed by atoms with E-state index in [1.54, 1.807) is 11.9 Å². The smallest absolute Gasteiger partial charge is 0.234 e. The van der Waals surface area contributed by atoms with Crippen molar-refractivity contribution in [2.75, 3.05) is 20.2 Å². The Kier molecular flexibility index (Phi) is 3.34. The molecule has 0 aliphatic carbocycles. The van der Waals surface area contributed by atoms with Gasteiger partial charge in [0.2, 0.25) is 11.8 Å². The van der Waals surface area contributed by atoms with Crippen molar-refractivity contribution in [1.82, 2.24) is 10.2 Å². The van der Waals surface area contributed by atoms with Gasteiger partial charge in [0.25, 0.3) is 0 Å². The molecule has 3 rings (SSSR count). The van der Waals surface area contributed by atoms with Crippen LogP contribution in [0.25, 0.3) is 0 Å². The molecule has 0 spiro atoms. The van der Waals surface area contributed by atoms with Crippen molar-refractivity contribution < 1.29 is 14.3 Å². The summed E-state index contributed by atoms with van der Waals surface area (Å²) in [6, 6.07) is 7.51. The van der Waals surface area contributed by atoms with Crippen LogP contribution in [-0.4, -0.2) is 36.9 Å². The SMILES string of the molecule is CN1CCC[C@@H](C(=O)N[C@@H]2COc3ccccc32)C1=O. The van der Waals surface area contributed by atoms with E-state index >= 15 is 0 Å². The molecule has 2 amide bonds. The number of amides is 2. The Balaban J connectivity index is 1.70. The number of piperidine rings is 1. The lowest BCUT2D eigenvalue weighted by Crippen LogP contribution is -2.46. The molecule has 5 heteroatoms. The number of carbonyl (C=O) groups is 2. The van der Waals surface area contributed by atoms with E-state index in [4.69, 9.17) is 4.74 Å². The summed E-state index contributed by atoms with van der Waals surface area (Å²) in [5, 5.41) is 2.94. The summed E-state index contributed by atoms with van der Waals surface area (Å²) in [7, 11) is 1.75. The molecule has 0 unspecified atom stereocenters. The van der Waals surface area contributed by atoms with E-state index < -0.39 is 5.92 Å². The van der Waals surface area contributed by atoms with Gasteiger partial charge < -0.3 is 15.0 Å². The second kappa shape index (κ2) is 5.15. The van der Waals surface area contributed by atoms with E-state index in [-0.39, 0.29) is 17.9 Å². The summed E-state index contributed by atoms with van der Waals surface area (Å²) < 4.78 is 5.54. The fourth-order valence-corrected chi connectivity index (χ4v) is 2.83. The number of para-hydroxylation sites is 1. The molecule has 1 fully saturated rings. The largest absolute Gasteiger partial charge is 0.491 e. The maximum atomic E-state index is 12.3. The van der Waals surface area contributed by atoms with Crippen LogP contribution in [0.15, 0.2) is 24.3 Å². The first-order valence-corrected chi connectivity index (χ1v) is 6.94. The van der Waals surface area contributed by atoms with E-state index in [1.165, 1.54) is 0 Å². The fraction of sp³-hybridized carbons (Fsp3) is 0.467. The van der Waals surface area contributed by atoms with Gasteiger partial charge in [0, 0.05) is 19.2 Å². The van der Waals surface area contributed by atoms with Gasteiger partial charge in [0.1, 0.15) is 18.3 Å². The Morgan fingerprint density at radius 1 is 1.40 bits per heavy atom. The van der Waals surface area contributed by atoms with Crippen molar-refractivity contribution in [2.24, 2.45) is 5.92 Å². The zero-order valence-electron chi connectivity index (χ0n) is 11.5. The van der Waals surface area contributed by atoms with Crippen LogP contribution in [0.3, 0.4) is 0 Å². The molecule has 0 saturated carbocycles. The van der Waals surface area contributed by atoms with Crippen molar-refractivity contribution >= 4 is 11.8 Å². The third-order valence-corrected chi connectivity index (χ3v) is 3.99. The number of hydrogen-bond donors (Lipinski definition) is 1. The Hall–Kier alpha value is -2.04. The Morgan fingerprint density at radius 3 is 3.05 bits per heavy atom. The summed E-state index contributed by atoms with van der Waals surface area (Å²) in [6.07, 6.45) is 1.50. The molecular weight excluding hydrogens is 256 g/mol. The summed E-state index contributed by atoms with van der Waals surface area (Å²) in [4.78, 5) is 26.0. The van der Waals surface area contributed by atoms with Crippen molar-refractivity contribution in [3.8, 4) is 5.75 Å². The van der Waals surface area contributed by atoms with Gasteiger partial charge in [-0.15, -0.1) is 0 Å². The maximum Gasteiger partial charge on any atom is 0.234 e. The highest BCUT2D eigenvalue weighted by Crippen LogP contribution is 2.32. The van der Waals surface area contributed by atoms with E-state index in [2.05, 4.69) is 5.32 Å². The first kappa shape index (κ1) is 13.0. The van der Waals surface area contributed by atoms with Gasteiger partial charge in [0.15, 0.2) is 0 Å². The lowest BCUT2D eigenvalue weighted by Gasteiger charge is -2.29. The molecule has 20 heavy (non-hydrogen) atoms. The summed E-state index contributed by atoms with van der Waals surface area (Å²) in [6.45, 7) is 1.17. The lowest BCUT2D eigenvalue weighted by molar-refractivity contribution is -0.144.